The van der Waals surface area contributed by atoms with Crippen molar-refractivity contribution in [3.63, 3.8) is 0 Å². The van der Waals surface area contributed by atoms with E-state index in [2.05, 4.69) is 33.7 Å². The summed E-state index contributed by atoms with van der Waals surface area (Å²) in [5.74, 6) is 0.735. The first kappa shape index (κ1) is 13.2. The summed E-state index contributed by atoms with van der Waals surface area (Å²) in [4.78, 5) is 13.8. The summed E-state index contributed by atoms with van der Waals surface area (Å²) in [6, 6.07) is 2.22. The van der Waals surface area contributed by atoms with Crippen LogP contribution in [0.5, 0.6) is 0 Å². The van der Waals surface area contributed by atoms with Crippen LogP contribution in [0.3, 0.4) is 0 Å². The molecule has 2 heterocycles. The van der Waals surface area contributed by atoms with Crippen molar-refractivity contribution in [2.75, 3.05) is 31.6 Å². The molecule has 0 radical (unpaired) electrons. The number of hydrogen-bond acceptors (Lipinski definition) is 5. The topological polar surface area (TPSA) is 58.3 Å². The van der Waals surface area contributed by atoms with Gasteiger partial charge in [0.05, 0.1) is 0 Å². The van der Waals surface area contributed by atoms with Gasteiger partial charge in [-0.2, -0.15) is 0 Å². The molecule has 0 amide bonds. The predicted molar refractivity (Wildman–Crippen MR) is 77.0 cm³/mol. The molecule has 1 unspecified atom stereocenters. The molecule has 1 atom stereocenters. The molecule has 2 rings (SSSR count). The van der Waals surface area contributed by atoms with Crippen molar-refractivity contribution < 1.29 is 0 Å². The summed E-state index contributed by atoms with van der Waals surface area (Å²) in [6.45, 7) is 7.08. The molecule has 0 bridgehead atoms. The van der Waals surface area contributed by atoms with Crippen molar-refractivity contribution in [2.45, 2.75) is 19.9 Å². The lowest BCUT2D eigenvalue weighted by Gasteiger charge is -2.38. The lowest BCUT2D eigenvalue weighted by atomic mass is 10.2. The number of nitrogens with zero attached hydrogens (tertiary/aromatic N) is 4. The molecule has 5 nitrogen and oxygen atoms in total. The Hall–Kier alpha value is -1.27. The van der Waals surface area contributed by atoms with Crippen LogP contribution in [0.25, 0.3) is 0 Å². The average Bonchev–Trinajstić information content (AvgIpc) is 2.27. The fourth-order valence-corrected chi connectivity index (χ4v) is 2.35. The molecule has 0 spiro atoms. The van der Waals surface area contributed by atoms with E-state index >= 15 is 0 Å². The lowest BCUT2D eigenvalue weighted by Crippen LogP contribution is -2.51. The molecular formula is C12H19N5S. The molecule has 0 aliphatic carbocycles. The quantitative estimate of drug-likeness (QED) is 0.789. The van der Waals surface area contributed by atoms with E-state index in [-0.39, 0.29) is 0 Å². The van der Waals surface area contributed by atoms with Crippen LogP contribution in [-0.4, -0.2) is 52.6 Å². The van der Waals surface area contributed by atoms with E-state index in [1.165, 1.54) is 0 Å². The van der Waals surface area contributed by atoms with E-state index in [4.69, 9.17) is 18.0 Å². The molecule has 2 N–H and O–H groups in total. The smallest absolute Gasteiger partial charge is 0.226 e. The van der Waals surface area contributed by atoms with E-state index < -0.39 is 0 Å². The Balaban J connectivity index is 2.30. The monoisotopic (exact) mass is 265 g/mol. The highest BCUT2D eigenvalue weighted by Crippen LogP contribution is 2.17. The van der Waals surface area contributed by atoms with Gasteiger partial charge >= 0.3 is 0 Å². The predicted octanol–water partition coefficient (Wildman–Crippen LogP) is 0.560. The van der Waals surface area contributed by atoms with Gasteiger partial charge in [0.2, 0.25) is 5.95 Å². The van der Waals surface area contributed by atoms with Gasteiger partial charge in [0, 0.05) is 31.4 Å². The van der Waals surface area contributed by atoms with Crippen LogP contribution in [0.4, 0.5) is 5.95 Å². The third-order valence-corrected chi connectivity index (χ3v) is 3.39. The van der Waals surface area contributed by atoms with Crippen LogP contribution < -0.4 is 10.6 Å². The molecule has 1 aliphatic heterocycles. The zero-order valence-electron chi connectivity index (χ0n) is 11.1. The molecule has 1 aromatic rings. The Morgan fingerprint density at radius 2 is 2.17 bits per heavy atom. The number of likely N-dealkylation sites (N-methyl/N-ethyl adjacent to an activating group) is 1. The van der Waals surface area contributed by atoms with Crippen LogP contribution >= 0.6 is 12.2 Å². The molecule has 6 heteroatoms. The highest BCUT2D eigenvalue weighted by molar-refractivity contribution is 7.80. The Morgan fingerprint density at radius 3 is 2.78 bits per heavy atom. The second kappa shape index (κ2) is 5.16. The summed E-state index contributed by atoms with van der Waals surface area (Å²) in [7, 11) is 2.13. The highest BCUT2D eigenvalue weighted by Gasteiger charge is 2.24. The minimum Gasteiger partial charge on any atom is -0.388 e. The first-order valence-corrected chi connectivity index (χ1v) is 6.49. The standard InChI is InChI=1S/C12H19N5S/c1-8-6-10(11(13)18)15-12(14-8)17-5-4-16(3)7-9(17)2/h6,9H,4-5,7H2,1-3H3,(H2,13,18). The molecule has 1 aliphatic rings. The number of piperazine rings is 1. The average molecular weight is 265 g/mol. The summed E-state index contributed by atoms with van der Waals surface area (Å²) < 4.78 is 0. The van der Waals surface area contributed by atoms with Gasteiger partial charge in [-0.3, -0.25) is 0 Å². The minimum atomic E-state index is 0.323. The molecule has 18 heavy (non-hydrogen) atoms. The number of thiocarbonyl (C=S) groups is 1. The molecule has 1 aromatic heterocycles. The van der Waals surface area contributed by atoms with Crippen LogP contribution in [0.1, 0.15) is 18.3 Å². The van der Waals surface area contributed by atoms with Gasteiger partial charge in [0.15, 0.2) is 0 Å². The maximum Gasteiger partial charge on any atom is 0.226 e. The third kappa shape index (κ3) is 2.76. The number of aromatic nitrogens is 2. The molecule has 1 saturated heterocycles. The van der Waals surface area contributed by atoms with Gasteiger partial charge in [-0.05, 0) is 27.0 Å². The SMILES string of the molecule is Cc1cc(C(N)=S)nc(N2CCN(C)CC2C)n1. The Kier molecular flexibility index (Phi) is 3.77. The Labute approximate surface area is 113 Å². The number of aryl methyl sites for hydroxylation is 1. The highest BCUT2D eigenvalue weighted by atomic mass is 32.1. The van der Waals surface area contributed by atoms with Crippen molar-refractivity contribution in [1.29, 1.82) is 0 Å². The van der Waals surface area contributed by atoms with E-state index in [1.54, 1.807) is 0 Å². The van der Waals surface area contributed by atoms with Crippen LogP contribution in [-0.2, 0) is 0 Å². The summed E-state index contributed by atoms with van der Waals surface area (Å²) in [5.41, 5.74) is 7.20. The summed E-state index contributed by atoms with van der Waals surface area (Å²) >= 11 is 4.99. The second-order valence-corrected chi connectivity index (χ2v) is 5.30. The van der Waals surface area contributed by atoms with E-state index in [0.717, 1.165) is 31.3 Å². The molecule has 0 saturated carbocycles. The van der Waals surface area contributed by atoms with Gasteiger partial charge in [-0.1, -0.05) is 12.2 Å². The maximum absolute atomic E-state index is 5.65. The largest absolute Gasteiger partial charge is 0.388 e. The van der Waals surface area contributed by atoms with Gasteiger partial charge < -0.3 is 15.5 Å². The minimum absolute atomic E-state index is 0.323. The van der Waals surface area contributed by atoms with Crippen molar-refractivity contribution >= 4 is 23.2 Å². The van der Waals surface area contributed by atoms with E-state index in [9.17, 15) is 0 Å². The van der Waals surface area contributed by atoms with Gasteiger partial charge in [0.25, 0.3) is 0 Å². The van der Waals surface area contributed by atoms with Crippen LogP contribution in [0, 0.1) is 6.92 Å². The van der Waals surface area contributed by atoms with Crippen molar-refractivity contribution in [3.05, 3.63) is 17.5 Å². The Morgan fingerprint density at radius 1 is 1.44 bits per heavy atom. The summed E-state index contributed by atoms with van der Waals surface area (Å²) in [5, 5.41) is 0. The van der Waals surface area contributed by atoms with Crippen LogP contribution in [0.2, 0.25) is 0 Å². The number of anilines is 1. The van der Waals surface area contributed by atoms with Gasteiger partial charge in [-0.15, -0.1) is 0 Å². The van der Waals surface area contributed by atoms with Crippen molar-refractivity contribution in [1.82, 2.24) is 14.9 Å². The zero-order valence-corrected chi connectivity index (χ0v) is 11.9. The normalized spacial score (nSPS) is 21.1. The third-order valence-electron chi connectivity index (χ3n) is 3.18. The van der Waals surface area contributed by atoms with Gasteiger partial charge in [-0.25, -0.2) is 9.97 Å². The zero-order chi connectivity index (χ0) is 13.3. The lowest BCUT2D eigenvalue weighted by molar-refractivity contribution is 0.273. The van der Waals surface area contributed by atoms with Crippen molar-refractivity contribution in [3.8, 4) is 0 Å². The van der Waals surface area contributed by atoms with Crippen molar-refractivity contribution in [2.24, 2.45) is 5.73 Å². The first-order valence-electron chi connectivity index (χ1n) is 6.08. The molecule has 98 valence electrons. The number of hydrogen-bond donors (Lipinski definition) is 1. The fraction of sp³-hybridized carbons (Fsp3) is 0.583. The van der Waals surface area contributed by atoms with Crippen LogP contribution in [0.15, 0.2) is 6.07 Å². The molecule has 0 aromatic carbocycles. The molecular weight excluding hydrogens is 246 g/mol. The molecule has 1 fully saturated rings. The van der Waals surface area contributed by atoms with E-state index in [1.807, 2.05) is 13.0 Å². The Bertz CT molecular complexity index is 462. The maximum atomic E-state index is 5.65. The second-order valence-electron chi connectivity index (χ2n) is 4.86. The number of nitrogens with two attached hydrogens (primary N) is 1. The first-order chi connectivity index (χ1) is 8.47. The van der Waals surface area contributed by atoms with E-state index in [0.29, 0.717) is 16.7 Å². The van der Waals surface area contributed by atoms with Gasteiger partial charge in [0.1, 0.15) is 10.7 Å². The number of rotatable bonds is 2. The fourth-order valence-electron chi connectivity index (χ4n) is 2.24. The summed E-state index contributed by atoms with van der Waals surface area (Å²) in [6.07, 6.45) is 0.